The van der Waals surface area contributed by atoms with Crippen LogP contribution in [0.2, 0.25) is 0 Å². The molecule has 1 atom stereocenters. The molecule has 0 radical (unpaired) electrons. The zero-order valence-corrected chi connectivity index (χ0v) is 14.6. The van der Waals surface area contributed by atoms with Gasteiger partial charge in [-0.25, -0.2) is 0 Å². The van der Waals surface area contributed by atoms with Crippen molar-refractivity contribution in [3.63, 3.8) is 0 Å². The van der Waals surface area contributed by atoms with Crippen molar-refractivity contribution in [2.24, 2.45) is 11.5 Å². The van der Waals surface area contributed by atoms with E-state index in [0.717, 1.165) is 25.0 Å². The normalized spacial score (nSPS) is 11.2. The zero-order valence-electron chi connectivity index (χ0n) is 13.7. The Hall–Kier alpha value is -1.95. The maximum absolute atomic E-state index is 11.6. The number of guanidine groups is 1. The number of benzene rings is 1. The van der Waals surface area contributed by atoms with Gasteiger partial charge >= 0.3 is 0 Å². The van der Waals surface area contributed by atoms with E-state index in [4.69, 9.17) is 21.6 Å². The monoisotopic (exact) mass is 342 g/mol. The van der Waals surface area contributed by atoms with Gasteiger partial charge in [0.1, 0.15) is 11.8 Å². The smallest absolute Gasteiger partial charge is 0.240 e. The third-order valence-corrected chi connectivity index (χ3v) is 3.60. The maximum Gasteiger partial charge on any atom is 0.240 e. The first-order valence-corrected chi connectivity index (χ1v) is 7.52. The van der Waals surface area contributed by atoms with Gasteiger partial charge in [-0.15, -0.1) is 12.4 Å². The predicted molar refractivity (Wildman–Crippen MR) is 95.1 cm³/mol. The van der Waals surface area contributed by atoms with E-state index in [0.29, 0.717) is 13.0 Å². The summed E-state index contributed by atoms with van der Waals surface area (Å²) in [6, 6.07) is 7.35. The standard InChI is InChI=1S/C16H26N4O2.ClH/c1-3-5-14(15(17)21)20(16(18)19)11-4-6-12-7-9-13(22-2)10-8-12;/h7-10,14H,3-6,11H2,1-2H3,(H2,17,21)(H3,18,19);1H/t14-;/m0./s1. The molecule has 0 bridgehead atoms. The Balaban J connectivity index is 0.00000484. The molecular formula is C16H27ClN4O2. The molecule has 1 amide bonds. The summed E-state index contributed by atoms with van der Waals surface area (Å²) in [6.45, 7) is 2.51. The fourth-order valence-electron chi connectivity index (χ4n) is 2.42. The number of carbonyl (C=O) groups excluding carboxylic acids is 1. The van der Waals surface area contributed by atoms with Crippen LogP contribution in [0.25, 0.3) is 0 Å². The Morgan fingerprint density at radius 2 is 1.91 bits per heavy atom. The average molecular weight is 343 g/mol. The van der Waals surface area contributed by atoms with E-state index in [1.54, 1.807) is 12.0 Å². The number of halogens is 1. The lowest BCUT2D eigenvalue weighted by Crippen LogP contribution is -2.50. The number of primary amides is 1. The van der Waals surface area contributed by atoms with Crippen molar-refractivity contribution in [2.45, 2.75) is 38.6 Å². The predicted octanol–water partition coefficient (Wildman–Crippen LogP) is 1.90. The number of nitrogens with zero attached hydrogens (tertiary/aromatic N) is 1. The lowest BCUT2D eigenvalue weighted by molar-refractivity contribution is -0.122. The highest BCUT2D eigenvalue weighted by Crippen LogP contribution is 2.14. The number of carbonyl (C=O) groups is 1. The lowest BCUT2D eigenvalue weighted by Gasteiger charge is -2.29. The van der Waals surface area contributed by atoms with Crippen molar-refractivity contribution < 1.29 is 9.53 Å². The number of nitrogens with one attached hydrogen (secondary N) is 1. The highest BCUT2D eigenvalue weighted by Gasteiger charge is 2.23. The van der Waals surface area contributed by atoms with Gasteiger partial charge in [-0.1, -0.05) is 25.5 Å². The number of hydrogen-bond acceptors (Lipinski definition) is 3. The maximum atomic E-state index is 11.6. The number of nitrogens with two attached hydrogens (primary N) is 2. The van der Waals surface area contributed by atoms with Crippen LogP contribution in [0.5, 0.6) is 5.75 Å². The first kappa shape index (κ1) is 21.0. The van der Waals surface area contributed by atoms with E-state index >= 15 is 0 Å². The number of ether oxygens (including phenoxy) is 1. The van der Waals surface area contributed by atoms with E-state index in [2.05, 4.69) is 0 Å². The van der Waals surface area contributed by atoms with Crippen LogP contribution in [0.1, 0.15) is 31.7 Å². The third kappa shape index (κ3) is 6.78. The number of rotatable bonds is 9. The van der Waals surface area contributed by atoms with Crippen molar-refractivity contribution in [1.82, 2.24) is 4.90 Å². The molecule has 0 heterocycles. The first-order valence-electron chi connectivity index (χ1n) is 7.52. The van der Waals surface area contributed by atoms with Gasteiger partial charge in [-0.2, -0.15) is 0 Å². The summed E-state index contributed by atoms with van der Waals surface area (Å²) in [5.74, 6) is 0.291. The second kappa shape index (κ2) is 10.7. The first-order chi connectivity index (χ1) is 10.5. The summed E-state index contributed by atoms with van der Waals surface area (Å²) in [6.07, 6.45) is 3.05. The van der Waals surface area contributed by atoms with Gasteiger partial charge in [0.25, 0.3) is 0 Å². The van der Waals surface area contributed by atoms with Crippen LogP contribution in [0.3, 0.4) is 0 Å². The van der Waals surface area contributed by atoms with Gasteiger partial charge in [0, 0.05) is 6.54 Å². The van der Waals surface area contributed by atoms with Crippen molar-refractivity contribution in [2.75, 3.05) is 13.7 Å². The van der Waals surface area contributed by atoms with Gasteiger partial charge in [-0.3, -0.25) is 10.2 Å². The van der Waals surface area contributed by atoms with Gasteiger partial charge in [0.05, 0.1) is 7.11 Å². The molecule has 1 aromatic rings. The minimum atomic E-state index is -0.502. The van der Waals surface area contributed by atoms with Crippen LogP contribution in [-0.4, -0.2) is 36.5 Å². The molecule has 0 saturated carbocycles. The topological polar surface area (TPSA) is 105 Å². The zero-order chi connectivity index (χ0) is 16.5. The van der Waals surface area contributed by atoms with Gasteiger partial charge in [0.2, 0.25) is 5.91 Å². The van der Waals surface area contributed by atoms with E-state index in [1.807, 2.05) is 31.2 Å². The third-order valence-electron chi connectivity index (χ3n) is 3.60. The van der Waals surface area contributed by atoms with Crippen molar-refractivity contribution in [3.05, 3.63) is 29.8 Å². The SMILES string of the molecule is CCC[C@@H](C(N)=O)N(CCCc1ccc(OC)cc1)C(=N)N.Cl. The van der Waals surface area contributed by atoms with Crippen LogP contribution in [0.4, 0.5) is 0 Å². The van der Waals surface area contributed by atoms with E-state index in [9.17, 15) is 4.79 Å². The number of amides is 1. The molecule has 0 fully saturated rings. The molecule has 0 aliphatic rings. The summed E-state index contributed by atoms with van der Waals surface area (Å²) < 4.78 is 5.12. The van der Waals surface area contributed by atoms with E-state index in [-0.39, 0.29) is 18.4 Å². The number of aryl methyl sites for hydroxylation is 1. The van der Waals surface area contributed by atoms with Gasteiger partial charge in [-0.05, 0) is 37.0 Å². The van der Waals surface area contributed by atoms with Crippen LogP contribution in [0.15, 0.2) is 24.3 Å². The van der Waals surface area contributed by atoms with E-state index < -0.39 is 11.9 Å². The summed E-state index contributed by atoms with van der Waals surface area (Å²) >= 11 is 0. The Morgan fingerprint density at radius 1 is 1.30 bits per heavy atom. The molecule has 7 heteroatoms. The minimum absolute atomic E-state index is 0. The summed E-state index contributed by atoms with van der Waals surface area (Å²) in [7, 11) is 1.64. The van der Waals surface area contributed by atoms with Crippen molar-refractivity contribution >= 4 is 24.3 Å². The minimum Gasteiger partial charge on any atom is -0.497 e. The molecule has 0 unspecified atom stereocenters. The highest BCUT2D eigenvalue weighted by molar-refractivity contribution is 5.86. The molecule has 0 spiro atoms. The average Bonchev–Trinajstić information content (AvgIpc) is 2.50. The van der Waals surface area contributed by atoms with Crippen LogP contribution in [0, 0.1) is 5.41 Å². The Kier molecular flexibility index (Phi) is 9.81. The second-order valence-corrected chi connectivity index (χ2v) is 5.24. The molecular weight excluding hydrogens is 316 g/mol. The molecule has 1 aromatic carbocycles. The fourth-order valence-corrected chi connectivity index (χ4v) is 2.42. The second-order valence-electron chi connectivity index (χ2n) is 5.24. The summed E-state index contributed by atoms with van der Waals surface area (Å²) in [5.41, 5.74) is 12.2. The van der Waals surface area contributed by atoms with Crippen LogP contribution >= 0.6 is 12.4 Å². The van der Waals surface area contributed by atoms with Gasteiger partial charge < -0.3 is 21.1 Å². The summed E-state index contributed by atoms with van der Waals surface area (Å²) in [4.78, 5) is 13.1. The largest absolute Gasteiger partial charge is 0.497 e. The van der Waals surface area contributed by atoms with Gasteiger partial charge in [0.15, 0.2) is 5.96 Å². The Labute approximate surface area is 144 Å². The molecule has 130 valence electrons. The summed E-state index contributed by atoms with van der Waals surface area (Å²) in [5, 5.41) is 7.67. The molecule has 6 nitrogen and oxygen atoms in total. The lowest BCUT2D eigenvalue weighted by atomic mass is 10.1. The quantitative estimate of drug-likeness (QED) is 0.470. The molecule has 23 heavy (non-hydrogen) atoms. The molecule has 1 rings (SSSR count). The molecule has 0 aliphatic carbocycles. The van der Waals surface area contributed by atoms with Crippen LogP contribution in [-0.2, 0) is 11.2 Å². The highest BCUT2D eigenvalue weighted by atomic mass is 35.5. The molecule has 0 aromatic heterocycles. The van der Waals surface area contributed by atoms with Crippen LogP contribution < -0.4 is 16.2 Å². The molecule has 0 aliphatic heterocycles. The van der Waals surface area contributed by atoms with Crippen molar-refractivity contribution in [3.8, 4) is 5.75 Å². The number of hydrogen-bond donors (Lipinski definition) is 3. The number of methoxy groups -OCH3 is 1. The van der Waals surface area contributed by atoms with Crippen molar-refractivity contribution in [1.29, 1.82) is 5.41 Å². The molecule has 5 N–H and O–H groups in total. The fraction of sp³-hybridized carbons (Fsp3) is 0.500. The Morgan fingerprint density at radius 3 is 2.35 bits per heavy atom. The molecule has 0 saturated heterocycles. The van der Waals surface area contributed by atoms with E-state index in [1.165, 1.54) is 5.56 Å². The Bertz CT molecular complexity index is 493.